The smallest absolute Gasteiger partial charge is 0.343 e. The quantitative estimate of drug-likeness (QED) is 0.266. The van der Waals surface area contributed by atoms with Crippen LogP contribution in [-0.4, -0.2) is 88.6 Å². The number of alkyl halides is 3. The molecule has 0 radical (unpaired) electrons. The normalized spacial score (nSPS) is 17.0. The Morgan fingerprint density at radius 2 is 1.93 bits per heavy atom. The summed E-state index contributed by atoms with van der Waals surface area (Å²) in [6.07, 6.45) is -1.44. The van der Waals surface area contributed by atoms with Crippen molar-refractivity contribution in [3.8, 4) is 0 Å². The number of aldehydes is 1. The van der Waals surface area contributed by atoms with Crippen LogP contribution in [0.4, 0.5) is 23.7 Å². The van der Waals surface area contributed by atoms with Crippen molar-refractivity contribution in [3.05, 3.63) is 56.1 Å². The van der Waals surface area contributed by atoms with E-state index in [-0.39, 0.29) is 37.4 Å². The van der Waals surface area contributed by atoms with Crippen molar-refractivity contribution < 1.29 is 27.6 Å². The highest BCUT2D eigenvalue weighted by atomic mass is 79.9. The van der Waals surface area contributed by atoms with Crippen LogP contribution in [0.1, 0.15) is 36.0 Å². The number of carbonyl (C=O) groups excluding carboxylic acids is 3. The zero-order chi connectivity index (χ0) is 31.6. The molecule has 1 saturated heterocycles. The SMILES string of the molecule is CN(Cc1c(C[C@H](C=O)CC(=O)N2CCC(N3CCc4ccccc4NC3=O)CC2)cc(Br)c2n[nH]c(Br)c12)CC(F)(F)F. The number of rotatable bonds is 9. The van der Waals surface area contributed by atoms with Crippen LogP contribution in [0.25, 0.3) is 10.9 Å². The van der Waals surface area contributed by atoms with E-state index in [1.807, 2.05) is 29.2 Å². The number of aromatic amines is 1. The van der Waals surface area contributed by atoms with Crippen LogP contribution in [0.2, 0.25) is 0 Å². The molecule has 1 atom stereocenters. The molecule has 0 spiro atoms. The van der Waals surface area contributed by atoms with E-state index in [4.69, 9.17) is 0 Å². The van der Waals surface area contributed by atoms with Gasteiger partial charge < -0.3 is 19.9 Å². The standard InChI is InChI=1S/C30H33Br2F3N6O3/c1-39(17-30(33,34)35)15-22-20(14-23(31)27-26(22)28(32)38-37-27)12-18(16-42)13-25(43)40-9-7-21(8-10-40)41-11-6-19-4-2-3-5-24(19)36-29(41)44/h2-5,14,16,18,21H,6-13,15,17H2,1H3,(H,36,44)(H,37,38)/t18-/m0/s1. The van der Waals surface area contributed by atoms with E-state index in [0.717, 1.165) is 24.0 Å². The van der Waals surface area contributed by atoms with Crippen molar-refractivity contribution >= 4 is 66.7 Å². The third-order valence-electron chi connectivity index (χ3n) is 8.33. The van der Waals surface area contributed by atoms with Crippen molar-refractivity contribution in [2.75, 3.05) is 38.5 Å². The summed E-state index contributed by atoms with van der Waals surface area (Å²) in [5, 5.41) is 10.7. The van der Waals surface area contributed by atoms with Crippen molar-refractivity contribution in [1.82, 2.24) is 24.9 Å². The van der Waals surface area contributed by atoms with Crippen molar-refractivity contribution in [2.24, 2.45) is 5.92 Å². The van der Waals surface area contributed by atoms with Gasteiger partial charge in [0.25, 0.3) is 0 Å². The predicted molar refractivity (Wildman–Crippen MR) is 167 cm³/mol. The Bertz CT molecular complexity index is 1540. The van der Waals surface area contributed by atoms with E-state index in [0.29, 0.717) is 63.6 Å². The van der Waals surface area contributed by atoms with Crippen LogP contribution in [-0.2, 0) is 29.0 Å². The number of urea groups is 1. The number of fused-ring (bicyclic) bond motifs is 2. The van der Waals surface area contributed by atoms with E-state index in [2.05, 4.69) is 47.4 Å². The highest BCUT2D eigenvalue weighted by Gasteiger charge is 2.33. The molecular formula is C30H33Br2F3N6O3. The van der Waals surface area contributed by atoms with Gasteiger partial charge in [0.2, 0.25) is 5.91 Å². The monoisotopic (exact) mass is 740 g/mol. The fourth-order valence-electron chi connectivity index (χ4n) is 6.20. The first kappa shape index (κ1) is 32.4. The van der Waals surface area contributed by atoms with Gasteiger partial charge in [-0.15, -0.1) is 0 Å². The highest BCUT2D eigenvalue weighted by Crippen LogP contribution is 2.36. The van der Waals surface area contributed by atoms with Gasteiger partial charge in [0.05, 0.1) is 6.54 Å². The summed E-state index contributed by atoms with van der Waals surface area (Å²) < 4.78 is 40.5. The molecular weight excluding hydrogens is 709 g/mol. The highest BCUT2D eigenvalue weighted by molar-refractivity contribution is 9.11. The molecule has 3 heterocycles. The summed E-state index contributed by atoms with van der Waals surface area (Å²) >= 11 is 6.92. The maximum Gasteiger partial charge on any atom is 0.401 e. The fourth-order valence-corrected chi connectivity index (χ4v) is 7.28. The molecule has 0 bridgehead atoms. The zero-order valence-corrected chi connectivity index (χ0v) is 27.3. The molecule has 1 fully saturated rings. The largest absolute Gasteiger partial charge is 0.401 e. The molecule has 2 aromatic carbocycles. The molecule has 44 heavy (non-hydrogen) atoms. The molecule has 3 amide bonds. The Labute approximate surface area is 269 Å². The zero-order valence-electron chi connectivity index (χ0n) is 24.1. The van der Waals surface area contributed by atoms with E-state index in [9.17, 15) is 27.6 Å². The number of likely N-dealkylation sites (tertiary alicyclic amines) is 1. The molecule has 0 saturated carbocycles. The van der Waals surface area contributed by atoms with Crippen LogP contribution >= 0.6 is 31.9 Å². The molecule has 2 N–H and O–H groups in total. The summed E-state index contributed by atoms with van der Waals surface area (Å²) in [5.41, 5.74) is 3.75. The van der Waals surface area contributed by atoms with E-state index < -0.39 is 18.6 Å². The van der Waals surface area contributed by atoms with Gasteiger partial charge in [-0.3, -0.25) is 14.8 Å². The predicted octanol–water partition coefficient (Wildman–Crippen LogP) is 5.91. The first-order chi connectivity index (χ1) is 20.9. The lowest BCUT2D eigenvalue weighted by atomic mass is 9.91. The minimum absolute atomic E-state index is 0.00367. The Morgan fingerprint density at radius 1 is 1.20 bits per heavy atom. The van der Waals surface area contributed by atoms with Gasteiger partial charge in [0.15, 0.2) is 0 Å². The number of nitrogens with one attached hydrogen (secondary N) is 2. The molecule has 2 aliphatic heterocycles. The fraction of sp³-hybridized carbons (Fsp3) is 0.467. The van der Waals surface area contributed by atoms with Crippen LogP contribution in [0.5, 0.6) is 0 Å². The summed E-state index contributed by atoms with van der Waals surface area (Å²) in [6.45, 7) is 0.412. The van der Waals surface area contributed by atoms with E-state index in [1.165, 1.54) is 11.9 Å². The minimum Gasteiger partial charge on any atom is -0.343 e. The first-order valence-electron chi connectivity index (χ1n) is 14.4. The third kappa shape index (κ3) is 7.45. The number of halogens is 5. The number of carbonyl (C=O) groups is 3. The Morgan fingerprint density at radius 3 is 2.64 bits per heavy atom. The van der Waals surface area contributed by atoms with Crippen molar-refractivity contribution in [1.29, 1.82) is 0 Å². The van der Waals surface area contributed by atoms with E-state index >= 15 is 0 Å². The number of amides is 3. The molecule has 5 rings (SSSR count). The number of hydrogen-bond donors (Lipinski definition) is 2. The molecule has 9 nitrogen and oxygen atoms in total. The van der Waals surface area contributed by atoms with Crippen molar-refractivity contribution in [3.63, 3.8) is 0 Å². The maximum atomic E-state index is 13.3. The van der Waals surface area contributed by atoms with Gasteiger partial charge in [-0.25, -0.2) is 4.79 Å². The summed E-state index contributed by atoms with van der Waals surface area (Å²) in [6, 6.07) is 9.40. The average molecular weight is 742 g/mol. The lowest BCUT2D eigenvalue weighted by Crippen LogP contribution is -2.50. The van der Waals surface area contributed by atoms with E-state index in [1.54, 1.807) is 11.0 Å². The first-order valence-corrected chi connectivity index (χ1v) is 16.0. The van der Waals surface area contributed by atoms with Crippen LogP contribution < -0.4 is 5.32 Å². The number of para-hydroxylation sites is 1. The van der Waals surface area contributed by atoms with Gasteiger partial charge in [-0.1, -0.05) is 18.2 Å². The van der Waals surface area contributed by atoms with Crippen molar-refractivity contribution in [2.45, 2.75) is 50.9 Å². The Hall–Kier alpha value is -2.97. The Kier molecular flexibility index (Phi) is 10.0. The Balaban J connectivity index is 1.24. The van der Waals surface area contributed by atoms with Crippen LogP contribution in [0, 0.1) is 5.92 Å². The van der Waals surface area contributed by atoms with Gasteiger partial charge in [-0.05, 0) is 93.4 Å². The molecule has 3 aromatic rings. The molecule has 14 heteroatoms. The number of H-pyrrole nitrogens is 1. The average Bonchev–Trinajstić information content (AvgIpc) is 3.27. The molecule has 0 unspecified atom stereocenters. The topological polar surface area (TPSA) is 102 Å². The van der Waals surface area contributed by atoms with Gasteiger partial charge in [0, 0.05) is 60.1 Å². The number of piperidine rings is 1. The molecule has 1 aromatic heterocycles. The molecule has 236 valence electrons. The second-order valence-corrected chi connectivity index (χ2v) is 13.1. The lowest BCUT2D eigenvalue weighted by Gasteiger charge is -2.38. The number of anilines is 1. The van der Waals surface area contributed by atoms with Gasteiger partial charge in [-0.2, -0.15) is 18.3 Å². The molecule has 2 aliphatic rings. The number of aromatic nitrogens is 2. The second kappa shape index (κ2) is 13.6. The van der Waals surface area contributed by atoms with Gasteiger partial charge >= 0.3 is 12.2 Å². The third-order valence-corrected chi connectivity index (χ3v) is 9.51. The van der Waals surface area contributed by atoms with Crippen LogP contribution in [0.15, 0.2) is 39.4 Å². The number of benzene rings is 2. The number of hydrogen-bond acceptors (Lipinski definition) is 5. The van der Waals surface area contributed by atoms with Crippen LogP contribution in [0.3, 0.4) is 0 Å². The maximum absolute atomic E-state index is 13.3. The minimum atomic E-state index is -4.37. The summed E-state index contributed by atoms with van der Waals surface area (Å²) in [4.78, 5) is 43.3. The lowest BCUT2D eigenvalue weighted by molar-refractivity contribution is -0.144. The number of nitrogens with zero attached hydrogens (tertiary/aromatic N) is 4. The summed E-state index contributed by atoms with van der Waals surface area (Å²) in [5.74, 6) is -0.828. The second-order valence-electron chi connectivity index (χ2n) is 11.5. The summed E-state index contributed by atoms with van der Waals surface area (Å²) in [7, 11) is 1.39. The molecule has 0 aliphatic carbocycles. The van der Waals surface area contributed by atoms with Gasteiger partial charge in [0.1, 0.15) is 16.4 Å².